The van der Waals surface area contributed by atoms with Gasteiger partial charge < -0.3 is 5.32 Å². The third kappa shape index (κ3) is 1.27. The molecule has 2 saturated heterocycles. The standard InChI is InChI=1S/C10H16F2N2/c11-10(12)3-9(4-10)14-7-1-2-8(14)6-13-5-7/h7-9,13H,1-6H2/t7-,8+. The second kappa shape index (κ2) is 2.89. The molecule has 4 heteroatoms. The summed E-state index contributed by atoms with van der Waals surface area (Å²) in [5.74, 6) is -2.37. The molecule has 0 aromatic carbocycles. The summed E-state index contributed by atoms with van der Waals surface area (Å²) < 4.78 is 25.6. The molecule has 2 aliphatic heterocycles. The van der Waals surface area contributed by atoms with E-state index >= 15 is 0 Å². The van der Waals surface area contributed by atoms with Crippen LogP contribution in [0, 0.1) is 0 Å². The lowest BCUT2D eigenvalue weighted by Crippen LogP contribution is -2.61. The van der Waals surface area contributed by atoms with Crippen LogP contribution in [-0.2, 0) is 0 Å². The van der Waals surface area contributed by atoms with Gasteiger partial charge >= 0.3 is 0 Å². The van der Waals surface area contributed by atoms with Crippen LogP contribution in [0.3, 0.4) is 0 Å². The molecule has 0 radical (unpaired) electrons. The van der Waals surface area contributed by atoms with Crippen LogP contribution in [0.5, 0.6) is 0 Å². The molecule has 2 nitrogen and oxygen atoms in total. The first-order valence-corrected chi connectivity index (χ1v) is 5.52. The average molecular weight is 202 g/mol. The van der Waals surface area contributed by atoms with Crippen LogP contribution in [0.15, 0.2) is 0 Å². The van der Waals surface area contributed by atoms with Crippen molar-refractivity contribution in [3.05, 3.63) is 0 Å². The zero-order chi connectivity index (χ0) is 9.76. The van der Waals surface area contributed by atoms with Gasteiger partial charge in [-0.1, -0.05) is 0 Å². The minimum absolute atomic E-state index is 0.0972. The zero-order valence-corrected chi connectivity index (χ0v) is 8.18. The van der Waals surface area contributed by atoms with Crippen LogP contribution in [0.25, 0.3) is 0 Å². The third-order valence-electron chi connectivity index (χ3n) is 3.93. The molecule has 80 valence electrons. The van der Waals surface area contributed by atoms with E-state index in [-0.39, 0.29) is 18.9 Å². The molecule has 0 aromatic rings. The van der Waals surface area contributed by atoms with E-state index in [0.29, 0.717) is 12.1 Å². The number of hydrogen-bond acceptors (Lipinski definition) is 2. The summed E-state index contributed by atoms with van der Waals surface area (Å²) >= 11 is 0. The Hall–Kier alpha value is -0.220. The molecule has 14 heavy (non-hydrogen) atoms. The first kappa shape index (κ1) is 9.04. The highest BCUT2D eigenvalue weighted by molar-refractivity contribution is 5.03. The quantitative estimate of drug-likeness (QED) is 0.687. The number of fused-ring (bicyclic) bond motifs is 2. The Kier molecular flexibility index (Phi) is 1.86. The summed E-state index contributed by atoms with van der Waals surface area (Å²) in [5, 5.41) is 3.37. The molecule has 2 heterocycles. The maximum atomic E-state index is 12.8. The van der Waals surface area contributed by atoms with Crippen LogP contribution in [0.4, 0.5) is 8.78 Å². The number of halogens is 2. The molecular formula is C10H16F2N2. The summed E-state index contributed by atoms with van der Waals surface area (Å²) in [6.45, 7) is 2.00. The van der Waals surface area contributed by atoms with Gasteiger partial charge in [-0.05, 0) is 12.8 Å². The molecule has 2 atom stereocenters. The van der Waals surface area contributed by atoms with Crippen LogP contribution >= 0.6 is 0 Å². The fourth-order valence-corrected chi connectivity index (χ4v) is 3.25. The van der Waals surface area contributed by atoms with Crippen molar-refractivity contribution in [1.82, 2.24) is 10.2 Å². The normalized spacial score (nSPS) is 42.4. The monoisotopic (exact) mass is 202 g/mol. The maximum absolute atomic E-state index is 12.8. The molecule has 1 saturated carbocycles. The lowest BCUT2D eigenvalue weighted by molar-refractivity contribution is -0.136. The molecule has 0 amide bonds. The minimum Gasteiger partial charge on any atom is -0.314 e. The van der Waals surface area contributed by atoms with Gasteiger partial charge in [-0.15, -0.1) is 0 Å². The summed E-state index contributed by atoms with van der Waals surface area (Å²) in [6.07, 6.45) is 2.58. The van der Waals surface area contributed by atoms with Gasteiger partial charge in [-0.3, -0.25) is 4.90 Å². The molecular weight excluding hydrogens is 186 g/mol. The van der Waals surface area contributed by atoms with Crippen molar-refractivity contribution in [3.8, 4) is 0 Å². The Labute approximate surface area is 82.6 Å². The van der Waals surface area contributed by atoms with Crippen molar-refractivity contribution in [2.45, 2.75) is 49.7 Å². The number of alkyl halides is 2. The maximum Gasteiger partial charge on any atom is 0.251 e. The number of piperazine rings is 1. The number of nitrogens with zero attached hydrogens (tertiary/aromatic N) is 1. The predicted octanol–water partition coefficient (Wildman–Crippen LogP) is 1.22. The van der Waals surface area contributed by atoms with E-state index in [0.717, 1.165) is 13.1 Å². The highest BCUT2D eigenvalue weighted by atomic mass is 19.3. The van der Waals surface area contributed by atoms with E-state index in [9.17, 15) is 8.78 Å². The smallest absolute Gasteiger partial charge is 0.251 e. The van der Waals surface area contributed by atoms with Gasteiger partial charge in [-0.2, -0.15) is 0 Å². The van der Waals surface area contributed by atoms with Crippen LogP contribution in [0.2, 0.25) is 0 Å². The van der Waals surface area contributed by atoms with Gasteiger partial charge in [0.15, 0.2) is 0 Å². The van der Waals surface area contributed by atoms with E-state index < -0.39 is 5.92 Å². The topological polar surface area (TPSA) is 15.3 Å². The van der Waals surface area contributed by atoms with E-state index in [1.54, 1.807) is 0 Å². The van der Waals surface area contributed by atoms with Crippen molar-refractivity contribution in [3.63, 3.8) is 0 Å². The first-order valence-electron chi connectivity index (χ1n) is 5.52. The van der Waals surface area contributed by atoms with Gasteiger partial charge in [0.1, 0.15) is 0 Å². The molecule has 1 N–H and O–H groups in total. The summed E-state index contributed by atoms with van der Waals surface area (Å²) in [6, 6.07) is 1.24. The third-order valence-corrected chi connectivity index (χ3v) is 3.93. The first-order chi connectivity index (χ1) is 6.66. The predicted molar refractivity (Wildman–Crippen MR) is 49.5 cm³/mol. The Bertz CT molecular complexity index is 220. The molecule has 0 unspecified atom stereocenters. The van der Waals surface area contributed by atoms with Crippen LogP contribution < -0.4 is 5.32 Å². The summed E-state index contributed by atoms with van der Waals surface area (Å²) in [4.78, 5) is 2.37. The van der Waals surface area contributed by atoms with E-state index in [2.05, 4.69) is 10.2 Å². The van der Waals surface area contributed by atoms with Gasteiger partial charge in [0.25, 0.3) is 5.92 Å². The SMILES string of the molecule is FC1(F)CC(N2[C@@H]3CC[C@H]2CNC3)C1. The second-order valence-corrected chi connectivity index (χ2v) is 4.91. The highest BCUT2D eigenvalue weighted by Crippen LogP contribution is 2.44. The fraction of sp³-hybridized carbons (Fsp3) is 1.00. The van der Waals surface area contributed by atoms with Crippen molar-refractivity contribution in [2.24, 2.45) is 0 Å². The zero-order valence-electron chi connectivity index (χ0n) is 8.18. The lowest BCUT2D eigenvalue weighted by atomic mass is 9.85. The number of hydrogen-bond donors (Lipinski definition) is 1. The molecule has 3 rings (SSSR count). The van der Waals surface area contributed by atoms with E-state index in [1.807, 2.05) is 0 Å². The Morgan fingerprint density at radius 2 is 1.57 bits per heavy atom. The van der Waals surface area contributed by atoms with Gasteiger partial charge in [0.2, 0.25) is 0 Å². The molecule has 0 spiro atoms. The number of nitrogens with one attached hydrogen (secondary N) is 1. The summed E-state index contributed by atoms with van der Waals surface area (Å²) in [5.41, 5.74) is 0. The lowest BCUT2D eigenvalue weighted by Gasteiger charge is -2.48. The molecule has 3 fully saturated rings. The molecule has 1 aliphatic carbocycles. The van der Waals surface area contributed by atoms with Crippen molar-refractivity contribution >= 4 is 0 Å². The Balaban J connectivity index is 1.68. The Morgan fingerprint density at radius 1 is 1.00 bits per heavy atom. The fourth-order valence-electron chi connectivity index (χ4n) is 3.25. The summed E-state index contributed by atoms with van der Waals surface area (Å²) in [7, 11) is 0. The van der Waals surface area contributed by atoms with Gasteiger partial charge in [0, 0.05) is 44.1 Å². The molecule has 2 bridgehead atoms. The average Bonchev–Trinajstić information content (AvgIpc) is 2.30. The van der Waals surface area contributed by atoms with Crippen LogP contribution in [0.1, 0.15) is 25.7 Å². The van der Waals surface area contributed by atoms with Crippen LogP contribution in [-0.4, -0.2) is 42.0 Å². The molecule has 0 aromatic heterocycles. The van der Waals surface area contributed by atoms with Crippen molar-refractivity contribution < 1.29 is 8.78 Å². The second-order valence-electron chi connectivity index (χ2n) is 4.91. The van der Waals surface area contributed by atoms with Gasteiger partial charge in [-0.25, -0.2) is 8.78 Å². The largest absolute Gasteiger partial charge is 0.314 e. The van der Waals surface area contributed by atoms with E-state index in [4.69, 9.17) is 0 Å². The highest BCUT2D eigenvalue weighted by Gasteiger charge is 2.52. The van der Waals surface area contributed by atoms with Crippen molar-refractivity contribution in [2.75, 3.05) is 13.1 Å². The molecule has 3 aliphatic rings. The number of rotatable bonds is 1. The Morgan fingerprint density at radius 3 is 2.07 bits per heavy atom. The van der Waals surface area contributed by atoms with Crippen molar-refractivity contribution in [1.29, 1.82) is 0 Å². The minimum atomic E-state index is -2.37. The van der Waals surface area contributed by atoms with Gasteiger partial charge in [0.05, 0.1) is 0 Å². The van der Waals surface area contributed by atoms with E-state index in [1.165, 1.54) is 12.8 Å².